The van der Waals surface area contributed by atoms with Crippen LogP contribution in [-0.4, -0.2) is 46.4 Å². The molecule has 34 heavy (non-hydrogen) atoms. The molecule has 1 heterocycles. The number of imide groups is 1. The van der Waals surface area contributed by atoms with Crippen LogP contribution in [0.1, 0.15) is 69.6 Å². The second kappa shape index (κ2) is 10.6. The monoisotopic (exact) mass is 479 g/mol. The summed E-state index contributed by atoms with van der Waals surface area (Å²) in [6.07, 6.45) is 5.08. The number of anilines is 1. The summed E-state index contributed by atoms with van der Waals surface area (Å²) in [4.78, 5) is 50.4. The minimum Gasteiger partial charge on any atom is -0.459 e. The molecule has 9 heteroatoms. The minimum absolute atomic E-state index is 0.0119. The molecule has 4 rings (SSSR count). The van der Waals surface area contributed by atoms with Gasteiger partial charge in [0.15, 0.2) is 5.11 Å². The van der Waals surface area contributed by atoms with Gasteiger partial charge in [-0.15, -0.1) is 0 Å². The Kier molecular flexibility index (Phi) is 7.32. The van der Waals surface area contributed by atoms with Crippen molar-refractivity contribution in [2.45, 2.75) is 44.6 Å². The summed E-state index contributed by atoms with van der Waals surface area (Å²) in [6.45, 7) is -0.0431. The van der Waals surface area contributed by atoms with E-state index in [2.05, 4.69) is 10.6 Å². The molecular weight excluding hydrogens is 454 g/mol. The number of thiocarbonyl (C=S) groups is 1. The first-order valence-electron chi connectivity index (χ1n) is 11.3. The lowest BCUT2D eigenvalue weighted by Gasteiger charge is -2.21. The number of nitrogens with zero attached hydrogens (tertiary/aromatic N) is 1. The zero-order chi connectivity index (χ0) is 24.1. The molecule has 0 radical (unpaired) electrons. The normalized spacial score (nSPS) is 15.6. The quantitative estimate of drug-likeness (QED) is 0.370. The highest BCUT2D eigenvalue weighted by Gasteiger charge is 2.35. The van der Waals surface area contributed by atoms with E-state index < -0.39 is 17.7 Å². The Hall–Kier alpha value is -3.59. The predicted molar refractivity (Wildman–Crippen MR) is 130 cm³/mol. The van der Waals surface area contributed by atoms with Crippen LogP contribution >= 0.6 is 12.2 Å². The van der Waals surface area contributed by atoms with E-state index in [-0.39, 0.29) is 30.2 Å². The number of rotatable bonds is 6. The molecule has 1 aliphatic heterocycles. The number of ether oxygens (including phenoxy) is 1. The van der Waals surface area contributed by atoms with Crippen LogP contribution in [0.25, 0.3) is 0 Å². The average Bonchev–Trinajstić information content (AvgIpc) is 3.08. The third-order valence-electron chi connectivity index (χ3n) is 5.90. The van der Waals surface area contributed by atoms with Gasteiger partial charge >= 0.3 is 5.97 Å². The Labute approximate surface area is 202 Å². The second-order valence-electron chi connectivity index (χ2n) is 8.30. The van der Waals surface area contributed by atoms with Crippen molar-refractivity contribution in [3.63, 3.8) is 0 Å². The second-order valence-corrected chi connectivity index (χ2v) is 8.71. The predicted octanol–water partition coefficient (Wildman–Crippen LogP) is 3.68. The van der Waals surface area contributed by atoms with Gasteiger partial charge in [-0.25, -0.2) is 4.79 Å². The summed E-state index contributed by atoms with van der Waals surface area (Å²) in [5.41, 5.74) is 1.74. The first kappa shape index (κ1) is 23.6. The van der Waals surface area contributed by atoms with Crippen molar-refractivity contribution in [2.75, 3.05) is 11.9 Å². The van der Waals surface area contributed by atoms with Crippen molar-refractivity contribution in [1.82, 2.24) is 10.2 Å². The summed E-state index contributed by atoms with van der Waals surface area (Å²) in [6, 6.07) is 13.2. The van der Waals surface area contributed by atoms with Gasteiger partial charge in [-0.1, -0.05) is 18.6 Å². The maximum absolute atomic E-state index is 12.4. The molecule has 0 saturated heterocycles. The number of fused-ring (bicyclic) bond motifs is 1. The number of benzene rings is 2. The fourth-order valence-electron chi connectivity index (χ4n) is 4.10. The zero-order valence-electron chi connectivity index (χ0n) is 18.5. The van der Waals surface area contributed by atoms with Gasteiger partial charge in [0.05, 0.1) is 16.7 Å². The molecule has 8 nitrogen and oxygen atoms in total. The highest BCUT2D eigenvalue weighted by Crippen LogP contribution is 2.23. The minimum atomic E-state index is -0.429. The van der Waals surface area contributed by atoms with Gasteiger partial charge in [-0.3, -0.25) is 19.3 Å². The Balaban J connectivity index is 1.23. The van der Waals surface area contributed by atoms with E-state index in [1.807, 2.05) is 0 Å². The van der Waals surface area contributed by atoms with Crippen LogP contribution < -0.4 is 10.6 Å². The van der Waals surface area contributed by atoms with E-state index in [0.717, 1.165) is 30.6 Å². The Bertz CT molecular complexity index is 1090. The van der Waals surface area contributed by atoms with E-state index >= 15 is 0 Å². The molecule has 3 amide bonds. The fourth-order valence-corrected chi connectivity index (χ4v) is 4.33. The van der Waals surface area contributed by atoms with Crippen molar-refractivity contribution in [2.24, 2.45) is 0 Å². The van der Waals surface area contributed by atoms with E-state index in [1.54, 1.807) is 48.5 Å². The van der Waals surface area contributed by atoms with Crippen LogP contribution in [0, 0.1) is 0 Å². The van der Waals surface area contributed by atoms with Crippen LogP contribution in [0.5, 0.6) is 0 Å². The molecule has 0 spiro atoms. The van der Waals surface area contributed by atoms with Gasteiger partial charge < -0.3 is 15.4 Å². The Morgan fingerprint density at radius 2 is 1.56 bits per heavy atom. The summed E-state index contributed by atoms with van der Waals surface area (Å²) in [7, 11) is 0. The number of hydrogen-bond donors (Lipinski definition) is 2. The largest absolute Gasteiger partial charge is 0.459 e. The van der Waals surface area contributed by atoms with Crippen molar-refractivity contribution in [3.05, 3.63) is 65.2 Å². The summed E-state index contributed by atoms with van der Waals surface area (Å²) >= 11 is 5.17. The molecule has 1 saturated carbocycles. The first-order chi connectivity index (χ1) is 16.4. The highest BCUT2D eigenvalue weighted by atomic mass is 32.1. The molecule has 1 fully saturated rings. The van der Waals surface area contributed by atoms with Crippen molar-refractivity contribution in [3.8, 4) is 0 Å². The molecule has 2 aromatic carbocycles. The molecule has 0 atom stereocenters. The van der Waals surface area contributed by atoms with E-state index in [9.17, 15) is 19.2 Å². The average molecular weight is 480 g/mol. The Morgan fingerprint density at radius 3 is 2.18 bits per heavy atom. The maximum atomic E-state index is 12.4. The van der Waals surface area contributed by atoms with Gasteiger partial charge in [0.25, 0.3) is 11.8 Å². The van der Waals surface area contributed by atoms with Crippen LogP contribution in [0.3, 0.4) is 0 Å². The molecule has 176 valence electrons. The molecule has 2 aromatic rings. The maximum Gasteiger partial charge on any atom is 0.338 e. The lowest BCUT2D eigenvalue weighted by Crippen LogP contribution is -2.38. The molecule has 2 aliphatic rings. The smallest absolute Gasteiger partial charge is 0.338 e. The SMILES string of the molecule is O=C(CCN1C(=O)c2ccccc2C1=O)NC(=S)Nc1ccc(C(=O)OC2CCCCC2)cc1. The lowest BCUT2D eigenvalue weighted by molar-refractivity contribution is -0.119. The molecule has 2 N–H and O–H groups in total. The van der Waals surface area contributed by atoms with Crippen molar-refractivity contribution >= 4 is 46.7 Å². The number of nitrogens with one attached hydrogen (secondary N) is 2. The number of carbonyl (C=O) groups is 4. The van der Waals surface area contributed by atoms with Crippen LogP contribution in [0.2, 0.25) is 0 Å². The van der Waals surface area contributed by atoms with E-state index in [0.29, 0.717) is 22.4 Å². The number of esters is 1. The number of hydrogen-bond acceptors (Lipinski definition) is 6. The third-order valence-corrected chi connectivity index (χ3v) is 6.10. The summed E-state index contributed by atoms with van der Waals surface area (Å²) < 4.78 is 5.56. The molecule has 0 bridgehead atoms. The van der Waals surface area contributed by atoms with Crippen LogP contribution in [0.4, 0.5) is 5.69 Å². The topological polar surface area (TPSA) is 105 Å². The number of amides is 3. The van der Waals surface area contributed by atoms with E-state index in [4.69, 9.17) is 17.0 Å². The summed E-state index contributed by atoms with van der Waals surface area (Å²) in [5.74, 6) is -1.59. The Morgan fingerprint density at radius 1 is 0.941 bits per heavy atom. The zero-order valence-corrected chi connectivity index (χ0v) is 19.4. The van der Waals surface area contributed by atoms with Crippen molar-refractivity contribution in [1.29, 1.82) is 0 Å². The third kappa shape index (κ3) is 5.48. The fraction of sp³-hybridized carbons (Fsp3) is 0.320. The summed E-state index contributed by atoms with van der Waals surface area (Å²) in [5, 5.41) is 5.49. The van der Waals surface area contributed by atoms with Gasteiger partial charge in [-0.05, 0) is 74.3 Å². The molecule has 0 aromatic heterocycles. The standard InChI is InChI=1S/C25H25N3O5S/c29-21(14-15-28-22(30)19-8-4-5-9-20(19)23(28)31)27-25(34)26-17-12-10-16(11-13-17)24(32)33-18-6-2-1-3-7-18/h4-5,8-13,18H,1-3,6-7,14-15H2,(H2,26,27,29,34). The molecular formula is C25H25N3O5S. The van der Waals surface area contributed by atoms with Gasteiger partial charge in [0.1, 0.15) is 6.10 Å². The van der Waals surface area contributed by atoms with Gasteiger partial charge in [-0.2, -0.15) is 0 Å². The van der Waals surface area contributed by atoms with Gasteiger partial charge in [0, 0.05) is 18.7 Å². The number of carbonyl (C=O) groups excluding carboxylic acids is 4. The van der Waals surface area contributed by atoms with Crippen LogP contribution in [0.15, 0.2) is 48.5 Å². The van der Waals surface area contributed by atoms with Gasteiger partial charge in [0.2, 0.25) is 5.91 Å². The lowest BCUT2D eigenvalue weighted by atomic mass is 9.98. The van der Waals surface area contributed by atoms with Crippen LogP contribution in [-0.2, 0) is 9.53 Å². The molecule has 0 unspecified atom stereocenters. The first-order valence-corrected chi connectivity index (χ1v) is 11.7. The highest BCUT2D eigenvalue weighted by molar-refractivity contribution is 7.80. The van der Waals surface area contributed by atoms with E-state index in [1.165, 1.54) is 6.42 Å². The molecule has 1 aliphatic carbocycles. The van der Waals surface area contributed by atoms with Crippen molar-refractivity contribution < 1.29 is 23.9 Å².